The van der Waals surface area contributed by atoms with E-state index >= 15 is 0 Å². The van der Waals surface area contributed by atoms with Gasteiger partial charge in [-0.1, -0.05) is 37.4 Å². The number of halogens is 2. The molecule has 0 bridgehead atoms. The van der Waals surface area contributed by atoms with Crippen LogP contribution < -0.4 is 5.73 Å². The Bertz CT molecular complexity index is 687. The van der Waals surface area contributed by atoms with E-state index in [1.165, 1.54) is 25.7 Å². The summed E-state index contributed by atoms with van der Waals surface area (Å²) in [6, 6.07) is 2.01. The fourth-order valence-corrected chi connectivity index (χ4v) is 4.74. The average molecular weight is 367 g/mol. The Morgan fingerprint density at radius 1 is 1.20 bits per heavy atom. The third kappa shape index (κ3) is 3.97. The minimum Gasteiger partial charge on any atom is -0.366 e. The van der Waals surface area contributed by atoms with E-state index in [-0.39, 0.29) is 11.6 Å². The normalized spacial score (nSPS) is 23.9. The van der Waals surface area contributed by atoms with Gasteiger partial charge in [-0.2, -0.15) is 0 Å². The lowest BCUT2D eigenvalue weighted by Crippen LogP contribution is -2.26. The van der Waals surface area contributed by atoms with Crippen LogP contribution >= 0.6 is 11.8 Å². The van der Waals surface area contributed by atoms with Crippen LogP contribution in [0.4, 0.5) is 8.78 Å². The van der Waals surface area contributed by atoms with Crippen LogP contribution in [0.2, 0.25) is 0 Å². The van der Waals surface area contributed by atoms with Gasteiger partial charge in [-0.3, -0.25) is 9.79 Å². The first kappa shape index (κ1) is 18.2. The van der Waals surface area contributed by atoms with Gasteiger partial charge in [-0.15, -0.1) is 0 Å². The lowest BCUT2D eigenvalue weighted by Gasteiger charge is -2.23. The van der Waals surface area contributed by atoms with Gasteiger partial charge in [0, 0.05) is 18.4 Å². The molecule has 7 heteroatoms. The van der Waals surface area contributed by atoms with Crippen LogP contribution in [0.3, 0.4) is 0 Å². The molecule has 1 saturated carbocycles. The van der Waals surface area contributed by atoms with Gasteiger partial charge in [0.05, 0.1) is 17.6 Å². The van der Waals surface area contributed by atoms with Crippen molar-refractivity contribution < 1.29 is 13.6 Å². The first-order valence-corrected chi connectivity index (χ1v) is 9.68. The van der Waals surface area contributed by atoms with Gasteiger partial charge in [0.2, 0.25) is 0 Å². The van der Waals surface area contributed by atoms with Crippen molar-refractivity contribution in [2.24, 2.45) is 10.7 Å². The molecule has 136 valence electrons. The first-order chi connectivity index (χ1) is 12.0. The predicted octanol–water partition coefficient (Wildman–Crippen LogP) is 3.86. The van der Waals surface area contributed by atoms with E-state index in [0.29, 0.717) is 11.8 Å². The van der Waals surface area contributed by atoms with Gasteiger partial charge < -0.3 is 10.6 Å². The summed E-state index contributed by atoms with van der Waals surface area (Å²) in [5, 5.41) is 0.885. The Kier molecular flexibility index (Phi) is 5.61. The molecule has 1 amide bonds. The highest BCUT2D eigenvalue weighted by atomic mass is 32.2. The standard InChI is InChI=1S/C18H23F2N3OS/c1-23-16(12-8-15(20)13(17(21)24)9-14(12)19)10-25-18(23)22-11-6-4-2-3-5-7-11/h8-9,11,16H,2-7,10H2,1H3,(H2,21,24). The Morgan fingerprint density at radius 2 is 1.88 bits per heavy atom. The van der Waals surface area contributed by atoms with Gasteiger partial charge >= 0.3 is 0 Å². The number of nitrogens with zero attached hydrogens (tertiary/aromatic N) is 2. The summed E-state index contributed by atoms with van der Waals surface area (Å²) in [5.41, 5.74) is 4.90. The Labute approximate surface area is 150 Å². The number of amidine groups is 1. The number of primary amides is 1. The fraction of sp³-hybridized carbons (Fsp3) is 0.556. The molecule has 2 aliphatic rings. The highest BCUT2D eigenvalue weighted by Crippen LogP contribution is 2.36. The van der Waals surface area contributed by atoms with E-state index in [2.05, 4.69) is 0 Å². The third-order valence-electron chi connectivity index (χ3n) is 4.97. The monoisotopic (exact) mass is 367 g/mol. The van der Waals surface area contributed by atoms with Crippen molar-refractivity contribution >= 4 is 22.8 Å². The second kappa shape index (κ2) is 7.72. The third-order valence-corrected chi connectivity index (χ3v) is 6.10. The summed E-state index contributed by atoms with van der Waals surface area (Å²) >= 11 is 1.57. The van der Waals surface area contributed by atoms with E-state index in [9.17, 15) is 13.6 Å². The largest absolute Gasteiger partial charge is 0.366 e. The van der Waals surface area contributed by atoms with Gasteiger partial charge in [0.15, 0.2) is 5.17 Å². The Morgan fingerprint density at radius 3 is 2.52 bits per heavy atom. The summed E-state index contributed by atoms with van der Waals surface area (Å²) < 4.78 is 28.5. The zero-order valence-electron chi connectivity index (χ0n) is 14.3. The smallest absolute Gasteiger partial charge is 0.251 e. The molecule has 1 saturated heterocycles. The number of thioether (sulfide) groups is 1. The van der Waals surface area contributed by atoms with Gasteiger partial charge in [0.25, 0.3) is 5.91 Å². The van der Waals surface area contributed by atoms with Crippen LogP contribution in [0.5, 0.6) is 0 Å². The summed E-state index contributed by atoms with van der Waals surface area (Å²) in [5.74, 6) is -1.75. The fourth-order valence-electron chi connectivity index (χ4n) is 3.48. The van der Waals surface area contributed by atoms with Crippen LogP contribution in [-0.4, -0.2) is 34.8 Å². The van der Waals surface area contributed by atoms with Gasteiger partial charge in [-0.05, 0) is 25.0 Å². The maximum Gasteiger partial charge on any atom is 0.251 e. The molecule has 1 aliphatic heterocycles. The number of carbonyl (C=O) groups excluding carboxylic acids is 1. The molecule has 2 N–H and O–H groups in total. The van der Waals surface area contributed by atoms with E-state index in [4.69, 9.17) is 10.7 Å². The number of aliphatic imine (C=N–C) groups is 1. The highest BCUT2D eigenvalue weighted by molar-refractivity contribution is 8.14. The quantitative estimate of drug-likeness (QED) is 0.825. The number of hydrogen-bond acceptors (Lipinski definition) is 3. The molecule has 25 heavy (non-hydrogen) atoms. The summed E-state index contributed by atoms with van der Waals surface area (Å²) in [4.78, 5) is 17.9. The highest BCUT2D eigenvalue weighted by Gasteiger charge is 2.32. The molecule has 1 aromatic rings. The van der Waals surface area contributed by atoms with Crippen LogP contribution in [0.25, 0.3) is 0 Å². The van der Waals surface area contributed by atoms with Crippen molar-refractivity contribution in [2.45, 2.75) is 50.6 Å². The Hall–Kier alpha value is -1.63. The number of carbonyl (C=O) groups is 1. The molecule has 3 rings (SSSR count). The molecule has 0 spiro atoms. The van der Waals surface area contributed by atoms with Gasteiger partial charge in [0.1, 0.15) is 11.6 Å². The molecule has 1 aliphatic carbocycles. The van der Waals surface area contributed by atoms with Crippen molar-refractivity contribution in [2.75, 3.05) is 12.8 Å². The van der Waals surface area contributed by atoms with Crippen LogP contribution in [0.1, 0.15) is 60.5 Å². The minimum atomic E-state index is -0.965. The van der Waals surface area contributed by atoms with Crippen molar-refractivity contribution in [3.05, 3.63) is 34.9 Å². The van der Waals surface area contributed by atoms with E-state index in [1.54, 1.807) is 11.8 Å². The molecule has 4 nitrogen and oxygen atoms in total. The maximum atomic E-state index is 14.4. The number of amides is 1. The van der Waals surface area contributed by atoms with Crippen molar-refractivity contribution in [1.82, 2.24) is 4.90 Å². The van der Waals surface area contributed by atoms with E-state index < -0.39 is 23.1 Å². The number of benzene rings is 1. The van der Waals surface area contributed by atoms with Crippen LogP contribution in [-0.2, 0) is 0 Å². The molecular weight excluding hydrogens is 344 g/mol. The lowest BCUT2D eigenvalue weighted by molar-refractivity contribution is 0.0996. The van der Waals surface area contributed by atoms with E-state index in [0.717, 1.165) is 30.1 Å². The van der Waals surface area contributed by atoms with Gasteiger partial charge in [-0.25, -0.2) is 8.78 Å². The predicted molar refractivity (Wildman–Crippen MR) is 96.8 cm³/mol. The molecule has 0 radical (unpaired) electrons. The lowest BCUT2D eigenvalue weighted by atomic mass is 10.0. The van der Waals surface area contributed by atoms with Crippen LogP contribution in [0.15, 0.2) is 17.1 Å². The molecule has 1 unspecified atom stereocenters. The second-order valence-electron chi connectivity index (χ2n) is 6.71. The van der Waals surface area contributed by atoms with E-state index in [1.807, 2.05) is 11.9 Å². The topological polar surface area (TPSA) is 58.7 Å². The Balaban J connectivity index is 1.81. The first-order valence-electron chi connectivity index (χ1n) is 8.69. The van der Waals surface area contributed by atoms with Crippen molar-refractivity contribution in [1.29, 1.82) is 0 Å². The zero-order chi connectivity index (χ0) is 18.0. The summed E-state index contributed by atoms with van der Waals surface area (Å²) in [7, 11) is 1.86. The molecule has 2 fully saturated rings. The number of nitrogens with two attached hydrogens (primary N) is 1. The zero-order valence-corrected chi connectivity index (χ0v) is 15.1. The summed E-state index contributed by atoms with van der Waals surface area (Å²) in [6.45, 7) is 0. The van der Waals surface area contributed by atoms with Crippen molar-refractivity contribution in [3.8, 4) is 0 Å². The van der Waals surface area contributed by atoms with Crippen LogP contribution in [0, 0.1) is 11.6 Å². The molecule has 1 heterocycles. The maximum absolute atomic E-state index is 14.4. The minimum absolute atomic E-state index is 0.239. The SMILES string of the molecule is CN1C(=NC2CCCCCC2)SCC1c1cc(F)c(C(N)=O)cc1F. The summed E-state index contributed by atoms with van der Waals surface area (Å²) in [6.07, 6.45) is 7.13. The number of rotatable bonds is 3. The molecule has 1 aromatic carbocycles. The average Bonchev–Trinajstić information content (AvgIpc) is 2.76. The van der Waals surface area contributed by atoms with Crippen molar-refractivity contribution in [3.63, 3.8) is 0 Å². The molecule has 1 atom stereocenters. The molecule has 0 aromatic heterocycles. The number of hydrogen-bond donors (Lipinski definition) is 1. The molecular formula is C18H23F2N3OS. The second-order valence-corrected chi connectivity index (χ2v) is 7.70.